The van der Waals surface area contributed by atoms with Gasteiger partial charge >= 0.3 is 17.9 Å². The van der Waals surface area contributed by atoms with Gasteiger partial charge in [-0.3, -0.25) is 38.4 Å². The number of amides is 6. The lowest BCUT2D eigenvalue weighted by atomic mass is 9.84. The molecule has 4 aromatic rings. The highest BCUT2D eigenvalue weighted by Gasteiger charge is 2.38. The highest BCUT2D eigenvalue weighted by molar-refractivity contribution is 5.98. The maximum Gasteiger partial charge on any atom is 0.326 e. The standard InChI is InChI=1S/C49H61N7O12/c1-6-27(3)41(46(64)54-37(49(67)68)24-32-26-50-34-21-15-14-20-33(32)34)56-47(65)42(28(4)7-2)55-45(63)36(25-39(60)61)53-44(62)35(22-23-38(58)59)52-48(66)43(51-29(5)57)40(30-16-10-8-11-17-30)31-18-12-9-13-19-31/h8-21,26-28,35-37,40-43,50H,6-7,22-25H2,1-5H3,(H,51,57)(H,52,66)(H,53,62)(H,54,64)(H,55,63)(H,56,65)(H,58,59)(H,60,61)(H,67,68)/t27-,28-,35-,36-,37-,41-,42-,43+/m0/s1. The van der Waals surface area contributed by atoms with Crippen molar-refractivity contribution in [3.63, 3.8) is 0 Å². The van der Waals surface area contributed by atoms with Gasteiger partial charge in [0, 0.05) is 42.8 Å². The average molecular weight is 940 g/mol. The van der Waals surface area contributed by atoms with E-state index in [2.05, 4.69) is 36.9 Å². The summed E-state index contributed by atoms with van der Waals surface area (Å²) in [5, 5.41) is 45.6. The monoisotopic (exact) mass is 939 g/mol. The molecule has 68 heavy (non-hydrogen) atoms. The van der Waals surface area contributed by atoms with Crippen molar-refractivity contribution in [3.05, 3.63) is 108 Å². The van der Waals surface area contributed by atoms with Crippen molar-refractivity contribution in [2.24, 2.45) is 11.8 Å². The van der Waals surface area contributed by atoms with Crippen LogP contribution >= 0.6 is 0 Å². The maximum absolute atomic E-state index is 14.2. The zero-order valence-electron chi connectivity index (χ0n) is 38.6. The van der Waals surface area contributed by atoms with E-state index in [1.165, 1.54) is 6.92 Å². The fraction of sp³-hybridized carbons (Fsp3) is 0.408. The topological polar surface area (TPSA) is 302 Å². The third-order valence-corrected chi connectivity index (χ3v) is 11.9. The molecular weight excluding hydrogens is 879 g/mol. The molecule has 19 nitrogen and oxygen atoms in total. The van der Waals surface area contributed by atoms with E-state index < -0.39 is 127 Å². The number of rotatable bonds is 26. The largest absolute Gasteiger partial charge is 0.481 e. The summed E-state index contributed by atoms with van der Waals surface area (Å²) >= 11 is 0. The number of aromatic nitrogens is 1. The molecule has 1 heterocycles. The molecular formula is C49H61N7O12. The molecule has 364 valence electrons. The van der Waals surface area contributed by atoms with Gasteiger partial charge in [-0.2, -0.15) is 0 Å². The van der Waals surface area contributed by atoms with Crippen LogP contribution in [0.2, 0.25) is 0 Å². The highest BCUT2D eigenvalue weighted by atomic mass is 16.4. The number of aromatic amines is 1. The molecule has 0 saturated carbocycles. The molecule has 0 spiro atoms. The summed E-state index contributed by atoms with van der Waals surface area (Å²) in [5.74, 6) is -11.5. The Hall–Kier alpha value is -7.57. The zero-order valence-corrected chi connectivity index (χ0v) is 38.6. The molecule has 8 atom stereocenters. The van der Waals surface area contributed by atoms with E-state index in [0.29, 0.717) is 29.5 Å². The lowest BCUT2D eigenvalue weighted by Gasteiger charge is -2.31. The lowest BCUT2D eigenvalue weighted by molar-refractivity contribution is -0.142. The predicted molar refractivity (Wildman–Crippen MR) is 250 cm³/mol. The summed E-state index contributed by atoms with van der Waals surface area (Å²) in [7, 11) is 0. The Labute approximate surface area is 393 Å². The molecule has 0 aliphatic carbocycles. The number of hydrogen-bond donors (Lipinski definition) is 10. The highest BCUT2D eigenvalue weighted by Crippen LogP contribution is 2.29. The van der Waals surface area contributed by atoms with E-state index in [1.807, 2.05) is 18.2 Å². The van der Waals surface area contributed by atoms with Gasteiger partial charge in [-0.15, -0.1) is 0 Å². The van der Waals surface area contributed by atoms with Gasteiger partial charge in [-0.25, -0.2) is 4.79 Å². The minimum Gasteiger partial charge on any atom is -0.481 e. The minimum absolute atomic E-state index is 0.0763. The number of carbonyl (C=O) groups excluding carboxylic acids is 6. The van der Waals surface area contributed by atoms with Gasteiger partial charge in [0.2, 0.25) is 35.4 Å². The summed E-state index contributed by atoms with van der Waals surface area (Å²) in [6.07, 6.45) is 0.0933. The first-order valence-corrected chi connectivity index (χ1v) is 22.4. The van der Waals surface area contributed by atoms with Crippen LogP contribution in [-0.2, 0) is 49.6 Å². The second kappa shape index (κ2) is 25.4. The quantitative estimate of drug-likeness (QED) is 0.0435. The fourth-order valence-electron chi connectivity index (χ4n) is 7.75. The average Bonchev–Trinajstić information content (AvgIpc) is 3.72. The van der Waals surface area contributed by atoms with Crippen LogP contribution in [0.15, 0.2) is 91.1 Å². The summed E-state index contributed by atoms with van der Waals surface area (Å²) in [6, 6.07) is 15.8. The summed E-state index contributed by atoms with van der Waals surface area (Å²) in [5.41, 5.74) is 2.67. The minimum atomic E-state index is -1.87. The Kier molecular flexibility index (Phi) is 19.8. The number of para-hydroxylation sites is 1. The van der Waals surface area contributed by atoms with Crippen molar-refractivity contribution in [2.45, 2.75) is 115 Å². The van der Waals surface area contributed by atoms with Crippen molar-refractivity contribution in [2.75, 3.05) is 0 Å². The molecule has 10 N–H and O–H groups in total. The second-order valence-corrected chi connectivity index (χ2v) is 16.8. The molecule has 0 saturated heterocycles. The number of H-pyrrole nitrogens is 1. The van der Waals surface area contributed by atoms with Crippen LogP contribution in [0.4, 0.5) is 0 Å². The van der Waals surface area contributed by atoms with E-state index in [9.17, 15) is 58.5 Å². The fourth-order valence-corrected chi connectivity index (χ4v) is 7.75. The molecule has 19 heteroatoms. The van der Waals surface area contributed by atoms with Gasteiger partial charge in [0.25, 0.3) is 0 Å². The number of carboxylic acids is 3. The number of fused-ring (bicyclic) bond motifs is 1. The third-order valence-electron chi connectivity index (χ3n) is 11.9. The maximum atomic E-state index is 14.2. The molecule has 0 aliphatic rings. The van der Waals surface area contributed by atoms with Crippen molar-refractivity contribution < 1.29 is 58.5 Å². The van der Waals surface area contributed by atoms with Gasteiger partial charge in [-0.05, 0) is 41.0 Å². The van der Waals surface area contributed by atoms with Gasteiger partial charge in [0.05, 0.1) is 6.42 Å². The first-order chi connectivity index (χ1) is 32.3. The molecule has 0 aliphatic heterocycles. The van der Waals surface area contributed by atoms with Gasteiger partial charge < -0.3 is 52.2 Å². The van der Waals surface area contributed by atoms with E-state index in [0.717, 1.165) is 10.9 Å². The SMILES string of the molecule is CC[C@H](C)[C@H](NC(=O)[C@H](CC(=O)O)NC(=O)[C@H](CCC(=O)O)NC(=O)[C@H](NC(C)=O)C(c1ccccc1)c1ccccc1)C(=O)N[C@H](C(=O)N[C@@H](Cc1c[nH]c2ccccc12)C(=O)O)[C@@H](C)CC. The Bertz CT molecular complexity index is 2370. The first kappa shape index (κ1) is 53.0. The van der Waals surface area contributed by atoms with Crippen molar-refractivity contribution in [1.29, 1.82) is 0 Å². The molecule has 1 aromatic heterocycles. The van der Waals surface area contributed by atoms with Crippen LogP contribution in [0.5, 0.6) is 0 Å². The molecule has 0 fully saturated rings. The number of aliphatic carboxylic acids is 3. The molecule has 6 amide bonds. The summed E-state index contributed by atoms with van der Waals surface area (Å²) in [4.78, 5) is 122. The molecule has 3 aromatic carbocycles. The summed E-state index contributed by atoms with van der Waals surface area (Å²) < 4.78 is 0. The number of carboxylic acid groups (broad SMARTS) is 3. The zero-order chi connectivity index (χ0) is 50.1. The van der Waals surface area contributed by atoms with Crippen LogP contribution in [0.3, 0.4) is 0 Å². The lowest BCUT2D eigenvalue weighted by Crippen LogP contribution is -2.61. The van der Waals surface area contributed by atoms with Crippen LogP contribution in [0.1, 0.15) is 89.3 Å². The van der Waals surface area contributed by atoms with Gasteiger partial charge in [0.1, 0.15) is 36.3 Å². The van der Waals surface area contributed by atoms with Crippen LogP contribution in [0, 0.1) is 11.8 Å². The predicted octanol–water partition coefficient (Wildman–Crippen LogP) is 2.99. The molecule has 0 radical (unpaired) electrons. The summed E-state index contributed by atoms with van der Waals surface area (Å²) in [6.45, 7) is 7.99. The van der Waals surface area contributed by atoms with Gasteiger partial charge in [0.15, 0.2) is 0 Å². The van der Waals surface area contributed by atoms with Crippen molar-refractivity contribution in [1.82, 2.24) is 36.9 Å². The van der Waals surface area contributed by atoms with Crippen LogP contribution < -0.4 is 31.9 Å². The normalized spacial score (nSPS) is 14.7. The van der Waals surface area contributed by atoms with Crippen molar-refractivity contribution >= 4 is 64.3 Å². The van der Waals surface area contributed by atoms with E-state index in [4.69, 9.17) is 0 Å². The number of benzene rings is 3. The Balaban J connectivity index is 1.57. The van der Waals surface area contributed by atoms with Gasteiger partial charge in [-0.1, -0.05) is 119 Å². The van der Waals surface area contributed by atoms with E-state index in [-0.39, 0.29) is 6.42 Å². The number of nitrogens with one attached hydrogen (secondary N) is 7. The Morgan fingerprint density at radius 1 is 0.544 bits per heavy atom. The molecule has 0 unspecified atom stereocenters. The molecule has 4 rings (SSSR count). The molecule has 0 bridgehead atoms. The van der Waals surface area contributed by atoms with E-state index in [1.54, 1.807) is 101 Å². The second-order valence-electron chi connectivity index (χ2n) is 16.8. The first-order valence-electron chi connectivity index (χ1n) is 22.4. The smallest absolute Gasteiger partial charge is 0.326 e. The Morgan fingerprint density at radius 3 is 1.53 bits per heavy atom. The van der Waals surface area contributed by atoms with E-state index >= 15 is 0 Å². The number of carbonyl (C=O) groups is 9. The third kappa shape index (κ3) is 15.0. The van der Waals surface area contributed by atoms with Crippen molar-refractivity contribution in [3.8, 4) is 0 Å². The van der Waals surface area contributed by atoms with Crippen LogP contribution in [0.25, 0.3) is 10.9 Å². The number of hydrogen-bond acceptors (Lipinski definition) is 9. The Morgan fingerprint density at radius 2 is 1.01 bits per heavy atom. The van der Waals surface area contributed by atoms with Crippen LogP contribution in [-0.4, -0.2) is 110 Å².